The Hall–Kier alpha value is -1.84. The fraction of sp³-hybridized carbons (Fsp3) is 0.273. The average Bonchev–Trinajstić information content (AvgIpc) is 2.60. The van der Waals surface area contributed by atoms with E-state index in [-0.39, 0.29) is 0 Å². The summed E-state index contributed by atoms with van der Waals surface area (Å²) in [6, 6.07) is 7.75. The standard InChI is InChI=1S/C11H13N3O/c1-8-9(2)14(13-12-8)10-6-4-5-7-11(10)15-3/h4-7H,1-3H3. The molecule has 1 heterocycles. The first-order chi connectivity index (χ1) is 7.24. The Bertz CT molecular complexity index is 476. The number of methoxy groups -OCH3 is 1. The van der Waals surface area contributed by atoms with Crippen LogP contribution in [0, 0.1) is 13.8 Å². The Labute approximate surface area is 88.5 Å². The number of aryl methyl sites for hydroxylation is 1. The molecule has 4 heteroatoms. The molecule has 0 fully saturated rings. The largest absolute Gasteiger partial charge is 0.494 e. The van der Waals surface area contributed by atoms with E-state index in [9.17, 15) is 0 Å². The van der Waals surface area contributed by atoms with Crippen LogP contribution in [0.25, 0.3) is 5.69 Å². The van der Waals surface area contributed by atoms with Crippen LogP contribution in [-0.2, 0) is 0 Å². The Morgan fingerprint density at radius 1 is 1.20 bits per heavy atom. The molecule has 0 radical (unpaired) electrons. The van der Waals surface area contributed by atoms with Gasteiger partial charge in [-0.25, -0.2) is 4.68 Å². The molecular formula is C11H13N3O. The lowest BCUT2D eigenvalue weighted by atomic mass is 10.3. The van der Waals surface area contributed by atoms with Crippen LogP contribution < -0.4 is 4.74 Å². The number of hydrogen-bond acceptors (Lipinski definition) is 3. The van der Waals surface area contributed by atoms with Crippen molar-refractivity contribution in [1.29, 1.82) is 0 Å². The van der Waals surface area contributed by atoms with Crippen LogP contribution in [0.4, 0.5) is 0 Å². The molecule has 0 unspecified atom stereocenters. The van der Waals surface area contributed by atoms with E-state index >= 15 is 0 Å². The second-order valence-corrected chi connectivity index (χ2v) is 3.34. The first-order valence-corrected chi connectivity index (χ1v) is 4.76. The van der Waals surface area contributed by atoms with E-state index < -0.39 is 0 Å². The van der Waals surface area contributed by atoms with Crippen molar-refractivity contribution in [1.82, 2.24) is 15.0 Å². The summed E-state index contributed by atoms with van der Waals surface area (Å²) < 4.78 is 7.06. The van der Waals surface area contributed by atoms with E-state index in [1.165, 1.54) is 0 Å². The van der Waals surface area contributed by atoms with Gasteiger partial charge in [0.1, 0.15) is 11.4 Å². The van der Waals surface area contributed by atoms with E-state index in [0.29, 0.717) is 0 Å². The monoisotopic (exact) mass is 203 g/mol. The summed E-state index contributed by atoms with van der Waals surface area (Å²) >= 11 is 0. The molecule has 0 amide bonds. The lowest BCUT2D eigenvalue weighted by molar-refractivity contribution is 0.411. The van der Waals surface area contributed by atoms with Crippen LogP contribution in [0.2, 0.25) is 0 Å². The number of para-hydroxylation sites is 2. The Morgan fingerprint density at radius 3 is 2.53 bits per heavy atom. The quantitative estimate of drug-likeness (QED) is 0.748. The lowest BCUT2D eigenvalue weighted by Crippen LogP contribution is -2.01. The smallest absolute Gasteiger partial charge is 0.144 e. The molecule has 0 spiro atoms. The summed E-state index contributed by atoms with van der Waals surface area (Å²) in [7, 11) is 1.65. The van der Waals surface area contributed by atoms with Gasteiger partial charge in [0.25, 0.3) is 0 Å². The number of ether oxygens (including phenoxy) is 1. The van der Waals surface area contributed by atoms with Crippen LogP contribution in [0.5, 0.6) is 5.75 Å². The highest BCUT2D eigenvalue weighted by Gasteiger charge is 2.09. The zero-order valence-electron chi connectivity index (χ0n) is 9.06. The fourth-order valence-corrected chi connectivity index (χ4v) is 1.44. The predicted octanol–water partition coefficient (Wildman–Crippen LogP) is 1.89. The highest BCUT2D eigenvalue weighted by atomic mass is 16.5. The van der Waals surface area contributed by atoms with Crippen LogP contribution in [0.3, 0.4) is 0 Å². The Kier molecular flexibility index (Phi) is 2.41. The number of rotatable bonds is 2. The molecule has 0 saturated carbocycles. The summed E-state index contributed by atoms with van der Waals surface area (Å²) in [5, 5.41) is 8.11. The second-order valence-electron chi connectivity index (χ2n) is 3.34. The van der Waals surface area contributed by atoms with Gasteiger partial charge in [0.05, 0.1) is 18.5 Å². The van der Waals surface area contributed by atoms with Crippen LogP contribution in [-0.4, -0.2) is 22.1 Å². The number of aromatic nitrogens is 3. The van der Waals surface area contributed by atoms with Gasteiger partial charge in [-0.05, 0) is 26.0 Å². The molecule has 0 atom stereocenters. The third kappa shape index (κ3) is 1.58. The average molecular weight is 203 g/mol. The zero-order valence-corrected chi connectivity index (χ0v) is 9.06. The van der Waals surface area contributed by atoms with E-state index in [0.717, 1.165) is 22.8 Å². The highest BCUT2D eigenvalue weighted by molar-refractivity contribution is 5.46. The van der Waals surface area contributed by atoms with Crippen molar-refractivity contribution >= 4 is 0 Å². The molecule has 0 saturated heterocycles. The fourth-order valence-electron chi connectivity index (χ4n) is 1.44. The van der Waals surface area contributed by atoms with Crippen LogP contribution in [0.15, 0.2) is 24.3 Å². The van der Waals surface area contributed by atoms with Gasteiger partial charge < -0.3 is 4.74 Å². The zero-order chi connectivity index (χ0) is 10.8. The molecule has 0 aliphatic rings. The molecule has 1 aromatic heterocycles. The van der Waals surface area contributed by atoms with Crippen LogP contribution in [0.1, 0.15) is 11.4 Å². The van der Waals surface area contributed by atoms with Crippen molar-refractivity contribution in [2.75, 3.05) is 7.11 Å². The third-order valence-corrected chi connectivity index (χ3v) is 2.44. The molecule has 4 nitrogen and oxygen atoms in total. The molecule has 0 aliphatic carbocycles. The Morgan fingerprint density at radius 2 is 1.93 bits per heavy atom. The maximum atomic E-state index is 5.28. The van der Waals surface area contributed by atoms with Crippen molar-refractivity contribution in [2.24, 2.45) is 0 Å². The van der Waals surface area contributed by atoms with Gasteiger partial charge in [-0.15, -0.1) is 5.10 Å². The van der Waals surface area contributed by atoms with Gasteiger partial charge in [0, 0.05) is 0 Å². The van der Waals surface area contributed by atoms with Gasteiger partial charge in [-0.2, -0.15) is 0 Å². The van der Waals surface area contributed by atoms with E-state index in [1.54, 1.807) is 11.8 Å². The topological polar surface area (TPSA) is 39.9 Å². The van der Waals surface area contributed by atoms with Gasteiger partial charge in [0.2, 0.25) is 0 Å². The minimum absolute atomic E-state index is 0.797. The molecule has 15 heavy (non-hydrogen) atoms. The number of nitrogens with zero attached hydrogens (tertiary/aromatic N) is 3. The van der Waals surface area contributed by atoms with Crippen molar-refractivity contribution in [3.63, 3.8) is 0 Å². The van der Waals surface area contributed by atoms with Crippen molar-refractivity contribution in [3.8, 4) is 11.4 Å². The summed E-state index contributed by atoms with van der Waals surface area (Å²) in [5.41, 5.74) is 2.87. The van der Waals surface area contributed by atoms with E-state index in [4.69, 9.17) is 4.74 Å². The van der Waals surface area contributed by atoms with Gasteiger partial charge >= 0.3 is 0 Å². The first kappa shape index (κ1) is 9.71. The van der Waals surface area contributed by atoms with E-state index in [2.05, 4.69) is 10.3 Å². The second kappa shape index (κ2) is 3.73. The van der Waals surface area contributed by atoms with Gasteiger partial charge in [-0.1, -0.05) is 17.3 Å². The maximum absolute atomic E-state index is 5.28. The van der Waals surface area contributed by atoms with Crippen molar-refractivity contribution in [3.05, 3.63) is 35.7 Å². The lowest BCUT2D eigenvalue weighted by Gasteiger charge is -2.08. The van der Waals surface area contributed by atoms with Crippen molar-refractivity contribution in [2.45, 2.75) is 13.8 Å². The Balaban J connectivity index is 2.58. The minimum atomic E-state index is 0.797. The van der Waals surface area contributed by atoms with Crippen molar-refractivity contribution < 1.29 is 4.74 Å². The van der Waals surface area contributed by atoms with Gasteiger partial charge in [0.15, 0.2) is 0 Å². The SMILES string of the molecule is COc1ccccc1-n1nnc(C)c1C. The predicted molar refractivity (Wildman–Crippen MR) is 57.4 cm³/mol. The highest BCUT2D eigenvalue weighted by Crippen LogP contribution is 2.22. The van der Waals surface area contributed by atoms with E-state index in [1.807, 2.05) is 38.1 Å². The number of benzene rings is 1. The molecule has 2 aromatic rings. The molecule has 0 bridgehead atoms. The van der Waals surface area contributed by atoms with Gasteiger partial charge in [-0.3, -0.25) is 0 Å². The maximum Gasteiger partial charge on any atom is 0.144 e. The summed E-state index contributed by atoms with van der Waals surface area (Å²) in [6.45, 7) is 3.93. The summed E-state index contributed by atoms with van der Waals surface area (Å²) in [4.78, 5) is 0. The first-order valence-electron chi connectivity index (χ1n) is 4.76. The molecule has 2 rings (SSSR count). The minimum Gasteiger partial charge on any atom is -0.494 e. The molecule has 0 N–H and O–H groups in total. The molecular weight excluding hydrogens is 190 g/mol. The summed E-state index contributed by atoms with van der Waals surface area (Å²) in [5.74, 6) is 0.797. The summed E-state index contributed by atoms with van der Waals surface area (Å²) in [6.07, 6.45) is 0. The molecule has 78 valence electrons. The molecule has 1 aromatic carbocycles. The molecule has 0 aliphatic heterocycles. The van der Waals surface area contributed by atoms with Crippen LogP contribution >= 0.6 is 0 Å². The normalized spacial score (nSPS) is 10.3. The third-order valence-electron chi connectivity index (χ3n) is 2.44. The number of hydrogen-bond donors (Lipinski definition) is 0.